The highest BCUT2D eigenvalue weighted by atomic mass is 16.3. The van der Waals surface area contributed by atoms with Gasteiger partial charge in [-0.15, -0.1) is 0 Å². The number of aromatic hydroxyl groups is 1. The number of hydrogen-bond donors (Lipinski definition) is 2. The van der Waals surface area contributed by atoms with Crippen molar-refractivity contribution in [2.24, 2.45) is 46.8 Å². The Morgan fingerprint density at radius 2 is 1.84 bits per heavy atom. The zero-order chi connectivity index (χ0) is 27.1. The quantitative estimate of drug-likeness (QED) is 0.270. The number of carbonyl (C=O) groups is 3. The Labute approximate surface area is 221 Å². The van der Waals surface area contributed by atoms with Crippen LogP contribution < -0.4 is 5.32 Å². The van der Waals surface area contributed by atoms with Crippen molar-refractivity contribution in [3.63, 3.8) is 0 Å². The summed E-state index contributed by atoms with van der Waals surface area (Å²) in [6.45, 7) is 13.2. The fourth-order valence-corrected chi connectivity index (χ4v) is 7.61. The van der Waals surface area contributed by atoms with Crippen LogP contribution in [0.1, 0.15) is 72.8 Å². The van der Waals surface area contributed by atoms with Crippen LogP contribution >= 0.6 is 0 Å². The standard InChI is InChI=1S/C32H43NO4/c1-7-18(2)14-20(4)26-21(5)17-32(6)16-19(3)8-13-25(32)28(26)29(35)27-24(30(36)33-31(27)37)15-22-9-11-23(34)12-10-22/h9-12,14,17-19,24-28,34H,7-8,13,15-16H2,1-6H3,(H,33,36,37). The lowest BCUT2D eigenvalue weighted by molar-refractivity contribution is -0.140. The molecule has 0 bridgehead atoms. The Balaban J connectivity index is 1.76. The second-order valence-corrected chi connectivity index (χ2v) is 12.4. The van der Waals surface area contributed by atoms with Crippen LogP contribution in [0, 0.1) is 46.8 Å². The topological polar surface area (TPSA) is 83.5 Å². The van der Waals surface area contributed by atoms with Gasteiger partial charge < -0.3 is 5.11 Å². The predicted molar refractivity (Wildman–Crippen MR) is 146 cm³/mol. The molecule has 2 fully saturated rings. The zero-order valence-electron chi connectivity index (χ0n) is 23.2. The number of phenolic OH excluding ortho intramolecular Hbond substituents is 1. The van der Waals surface area contributed by atoms with E-state index in [1.807, 2.05) is 0 Å². The van der Waals surface area contributed by atoms with Crippen LogP contribution in [0.15, 0.2) is 47.6 Å². The van der Waals surface area contributed by atoms with Gasteiger partial charge in [0.2, 0.25) is 11.8 Å². The van der Waals surface area contributed by atoms with Gasteiger partial charge >= 0.3 is 0 Å². The molecule has 2 amide bonds. The van der Waals surface area contributed by atoms with Gasteiger partial charge in [0, 0.05) is 11.8 Å². The average molecular weight is 506 g/mol. The van der Waals surface area contributed by atoms with Crippen molar-refractivity contribution in [2.75, 3.05) is 0 Å². The molecule has 0 radical (unpaired) electrons. The van der Waals surface area contributed by atoms with Crippen molar-refractivity contribution in [1.82, 2.24) is 5.32 Å². The predicted octanol–water partition coefficient (Wildman–Crippen LogP) is 6.02. The Hall–Kier alpha value is -2.69. The molecule has 2 aliphatic carbocycles. The van der Waals surface area contributed by atoms with E-state index in [0.29, 0.717) is 18.3 Å². The maximum absolute atomic E-state index is 14.6. The first-order valence-corrected chi connectivity index (χ1v) is 14.0. The lowest BCUT2D eigenvalue weighted by Gasteiger charge is -2.52. The van der Waals surface area contributed by atoms with E-state index in [-0.39, 0.29) is 40.6 Å². The van der Waals surface area contributed by atoms with E-state index in [1.54, 1.807) is 24.3 Å². The van der Waals surface area contributed by atoms with Crippen LogP contribution in [0.2, 0.25) is 0 Å². The van der Waals surface area contributed by atoms with E-state index in [2.05, 4.69) is 59.0 Å². The Bertz CT molecular complexity index is 1120. The minimum atomic E-state index is -0.986. The Morgan fingerprint density at radius 3 is 2.49 bits per heavy atom. The molecule has 1 saturated heterocycles. The lowest BCUT2D eigenvalue weighted by Crippen LogP contribution is -2.50. The molecule has 2 N–H and O–H groups in total. The van der Waals surface area contributed by atoms with Crippen LogP contribution in [0.3, 0.4) is 0 Å². The van der Waals surface area contributed by atoms with Gasteiger partial charge in [0.05, 0.1) is 5.92 Å². The fourth-order valence-electron chi connectivity index (χ4n) is 7.61. The van der Waals surface area contributed by atoms with Crippen molar-refractivity contribution < 1.29 is 19.5 Å². The molecule has 5 nitrogen and oxygen atoms in total. The van der Waals surface area contributed by atoms with Crippen molar-refractivity contribution in [2.45, 2.75) is 73.6 Å². The molecule has 1 aliphatic heterocycles. The third-order valence-corrected chi connectivity index (χ3v) is 9.42. The molecular formula is C32H43NO4. The summed E-state index contributed by atoms with van der Waals surface area (Å²) in [5.74, 6) is -1.72. The summed E-state index contributed by atoms with van der Waals surface area (Å²) in [5, 5.41) is 12.1. The second-order valence-electron chi connectivity index (χ2n) is 12.4. The largest absolute Gasteiger partial charge is 0.508 e. The molecule has 8 atom stereocenters. The van der Waals surface area contributed by atoms with Crippen LogP contribution in [0.4, 0.5) is 0 Å². The van der Waals surface area contributed by atoms with Crippen molar-refractivity contribution >= 4 is 17.6 Å². The summed E-state index contributed by atoms with van der Waals surface area (Å²) in [5.41, 5.74) is 3.14. The molecule has 5 heteroatoms. The fraction of sp³-hybridized carbons (Fsp3) is 0.594. The van der Waals surface area contributed by atoms with Gasteiger partial charge in [0.15, 0.2) is 0 Å². The van der Waals surface area contributed by atoms with Crippen molar-refractivity contribution in [3.05, 3.63) is 53.1 Å². The average Bonchev–Trinajstić information content (AvgIpc) is 3.10. The SMILES string of the molecule is CCC(C)C=C(C)C1C(C)=CC2(C)CC(C)CCC2C1C(=O)C1C(=O)NC(=O)C1Cc1ccc(O)cc1. The third-order valence-electron chi connectivity index (χ3n) is 9.42. The summed E-state index contributed by atoms with van der Waals surface area (Å²) in [6.07, 6.45) is 9.10. The highest BCUT2D eigenvalue weighted by molar-refractivity contribution is 6.16. The summed E-state index contributed by atoms with van der Waals surface area (Å²) in [4.78, 5) is 40.7. The number of benzene rings is 1. The molecule has 4 rings (SSSR count). The Morgan fingerprint density at radius 1 is 1.16 bits per heavy atom. The number of allylic oxidation sites excluding steroid dienone is 4. The third kappa shape index (κ3) is 5.32. The first kappa shape index (κ1) is 27.3. The number of Topliss-reactive ketones (excluding diaryl/α,β-unsaturated/α-hetero) is 1. The monoisotopic (exact) mass is 505 g/mol. The molecule has 3 aliphatic rings. The van der Waals surface area contributed by atoms with Crippen molar-refractivity contribution in [1.29, 1.82) is 0 Å². The van der Waals surface area contributed by atoms with Gasteiger partial charge in [-0.1, -0.05) is 76.0 Å². The minimum Gasteiger partial charge on any atom is -0.508 e. The number of amides is 2. The molecule has 0 spiro atoms. The zero-order valence-corrected chi connectivity index (χ0v) is 23.2. The molecule has 8 unspecified atom stereocenters. The number of phenols is 1. The molecule has 0 aromatic heterocycles. The Kier molecular flexibility index (Phi) is 7.83. The van der Waals surface area contributed by atoms with E-state index in [0.717, 1.165) is 31.2 Å². The van der Waals surface area contributed by atoms with Crippen LogP contribution in [0.5, 0.6) is 5.75 Å². The van der Waals surface area contributed by atoms with Gasteiger partial charge in [-0.2, -0.15) is 0 Å². The van der Waals surface area contributed by atoms with Crippen LogP contribution in [0.25, 0.3) is 0 Å². The van der Waals surface area contributed by atoms with Crippen LogP contribution in [-0.2, 0) is 20.8 Å². The molecule has 37 heavy (non-hydrogen) atoms. The number of fused-ring (bicyclic) bond motifs is 1. The first-order chi connectivity index (χ1) is 17.4. The smallest absolute Gasteiger partial charge is 0.237 e. The number of rotatable bonds is 7. The van der Waals surface area contributed by atoms with Crippen LogP contribution in [-0.4, -0.2) is 22.7 Å². The second kappa shape index (κ2) is 10.6. The van der Waals surface area contributed by atoms with Crippen molar-refractivity contribution in [3.8, 4) is 5.75 Å². The van der Waals surface area contributed by atoms with E-state index in [1.165, 1.54) is 11.1 Å². The van der Waals surface area contributed by atoms with Gasteiger partial charge in [-0.25, -0.2) is 0 Å². The van der Waals surface area contributed by atoms with Gasteiger partial charge in [-0.3, -0.25) is 19.7 Å². The first-order valence-electron chi connectivity index (χ1n) is 14.0. The van der Waals surface area contributed by atoms with Gasteiger partial charge in [-0.05, 0) is 74.0 Å². The maximum atomic E-state index is 14.6. The summed E-state index contributed by atoms with van der Waals surface area (Å²) in [6, 6.07) is 6.65. The van der Waals surface area contributed by atoms with E-state index >= 15 is 0 Å². The van der Waals surface area contributed by atoms with E-state index in [4.69, 9.17) is 0 Å². The van der Waals surface area contributed by atoms with Gasteiger partial charge in [0.25, 0.3) is 0 Å². The number of imide groups is 1. The highest BCUT2D eigenvalue weighted by Crippen LogP contribution is 2.56. The highest BCUT2D eigenvalue weighted by Gasteiger charge is 2.55. The normalized spacial score (nSPS) is 35.0. The molecular weight excluding hydrogens is 462 g/mol. The molecule has 200 valence electrons. The number of ketones is 1. The lowest BCUT2D eigenvalue weighted by atomic mass is 9.51. The molecule has 1 saturated carbocycles. The molecule has 1 aromatic rings. The van der Waals surface area contributed by atoms with E-state index < -0.39 is 17.7 Å². The number of nitrogens with one attached hydrogen (secondary N) is 1. The summed E-state index contributed by atoms with van der Waals surface area (Å²) >= 11 is 0. The maximum Gasteiger partial charge on any atom is 0.237 e. The minimum absolute atomic E-state index is 0.0502. The summed E-state index contributed by atoms with van der Waals surface area (Å²) in [7, 11) is 0. The van der Waals surface area contributed by atoms with E-state index in [9.17, 15) is 19.5 Å². The number of carbonyl (C=O) groups excluding carboxylic acids is 3. The molecule has 1 aromatic carbocycles. The summed E-state index contributed by atoms with van der Waals surface area (Å²) < 4.78 is 0. The number of hydrogen-bond acceptors (Lipinski definition) is 4. The molecule has 1 heterocycles. The van der Waals surface area contributed by atoms with Gasteiger partial charge in [0.1, 0.15) is 17.5 Å².